The first-order valence-corrected chi connectivity index (χ1v) is 7.74. The van der Waals surface area contributed by atoms with Crippen LogP contribution in [0.3, 0.4) is 0 Å². The molecule has 0 unspecified atom stereocenters. The summed E-state index contributed by atoms with van der Waals surface area (Å²) in [5.41, 5.74) is 1.06. The minimum atomic E-state index is -0.133. The second-order valence-electron chi connectivity index (χ2n) is 6.75. The molecule has 3 heteroatoms. The van der Waals surface area contributed by atoms with Gasteiger partial charge in [0.2, 0.25) is 5.91 Å². The highest BCUT2D eigenvalue weighted by atomic mass is 16.5. The summed E-state index contributed by atoms with van der Waals surface area (Å²) in [6.07, 6.45) is 5.61. The number of carbonyl (C=O) groups is 1. The van der Waals surface area contributed by atoms with Gasteiger partial charge >= 0.3 is 0 Å². The first-order valence-electron chi connectivity index (χ1n) is 7.74. The molecule has 1 amide bonds. The topological polar surface area (TPSA) is 29.5 Å². The number of para-hydroxylation sites is 1. The average Bonchev–Trinajstić information content (AvgIpc) is 3.04. The molecule has 0 radical (unpaired) electrons. The summed E-state index contributed by atoms with van der Waals surface area (Å²) in [4.78, 5) is 15.1. The number of likely N-dealkylation sites (tertiary alicyclic amines) is 1. The predicted octanol–water partition coefficient (Wildman–Crippen LogP) is 3.30. The standard InChI is InChI=1S/C17H21NO2/c1-17(8-4-5-9-17)16(19)18-11-12-10-14(18)13-6-2-3-7-15(13)20-12/h2-3,6-7,12,14H,4-5,8-11H2,1H3/t12-,14-/m0/s1. The molecule has 1 aromatic rings. The van der Waals surface area contributed by atoms with E-state index in [-0.39, 0.29) is 17.6 Å². The average molecular weight is 271 g/mol. The zero-order chi connectivity index (χ0) is 13.7. The molecule has 4 rings (SSSR count). The highest BCUT2D eigenvalue weighted by Crippen LogP contribution is 2.47. The van der Waals surface area contributed by atoms with E-state index >= 15 is 0 Å². The second-order valence-corrected chi connectivity index (χ2v) is 6.75. The Hall–Kier alpha value is -1.51. The van der Waals surface area contributed by atoms with Gasteiger partial charge in [0.25, 0.3) is 0 Å². The van der Waals surface area contributed by atoms with Crippen molar-refractivity contribution in [1.82, 2.24) is 4.90 Å². The van der Waals surface area contributed by atoms with Gasteiger partial charge in [-0.05, 0) is 18.9 Å². The normalized spacial score (nSPS) is 29.9. The van der Waals surface area contributed by atoms with Crippen LogP contribution in [0.5, 0.6) is 5.75 Å². The summed E-state index contributed by atoms with van der Waals surface area (Å²) in [6.45, 7) is 2.91. The van der Waals surface area contributed by atoms with Crippen LogP contribution in [-0.4, -0.2) is 23.5 Å². The van der Waals surface area contributed by atoms with E-state index in [1.807, 2.05) is 18.2 Å². The van der Waals surface area contributed by atoms with Crippen LogP contribution in [0.2, 0.25) is 0 Å². The molecule has 3 aliphatic rings. The third-order valence-corrected chi connectivity index (χ3v) is 5.32. The quantitative estimate of drug-likeness (QED) is 0.784. The fraction of sp³-hybridized carbons (Fsp3) is 0.588. The molecule has 0 aromatic heterocycles. The first-order chi connectivity index (χ1) is 9.67. The molecule has 0 N–H and O–H groups in total. The van der Waals surface area contributed by atoms with Gasteiger partial charge in [0, 0.05) is 17.4 Å². The Kier molecular flexibility index (Phi) is 2.60. The largest absolute Gasteiger partial charge is 0.488 e. The zero-order valence-corrected chi connectivity index (χ0v) is 12.0. The van der Waals surface area contributed by atoms with Crippen molar-refractivity contribution in [1.29, 1.82) is 0 Å². The Bertz CT molecular complexity index is 548. The van der Waals surface area contributed by atoms with Gasteiger partial charge in [0.05, 0.1) is 12.6 Å². The van der Waals surface area contributed by atoms with Gasteiger partial charge in [-0.1, -0.05) is 38.0 Å². The fourth-order valence-corrected chi connectivity index (χ4v) is 4.16. The van der Waals surface area contributed by atoms with E-state index in [2.05, 4.69) is 17.9 Å². The Labute approximate surface area is 119 Å². The van der Waals surface area contributed by atoms with E-state index < -0.39 is 0 Å². The fourth-order valence-electron chi connectivity index (χ4n) is 4.16. The maximum Gasteiger partial charge on any atom is 0.229 e. The molecule has 106 valence electrons. The van der Waals surface area contributed by atoms with Crippen molar-refractivity contribution in [2.45, 2.75) is 51.2 Å². The highest BCUT2D eigenvalue weighted by Gasteiger charge is 2.47. The summed E-state index contributed by atoms with van der Waals surface area (Å²) in [5.74, 6) is 1.32. The number of rotatable bonds is 1. The molecular weight excluding hydrogens is 250 g/mol. The Balaban J connectivity index is 1.67. The number of nitrogens with zero attached hydrogens (tertiary/aromatic N) is 1. The van der Waals surface area contributed by atoms with Crippen LogP contribution < -0.4 is 4.74 Å². The Morgan fingerprint density at radius 3 is 2.85 bits per heavy atom. The van der Waals surface area contributed by atoms with Crippen molar-refractivity contribution in [2.24, 2.45) is 5.41 Å². The molecule has 20 heavy (non-hydrogen) atoms. The molecule has 2 bridgehead atoms. The maximum absolute atomic E-state index is 13.0. The lowest BCUT2D eigenvalue weighted by atomic mass is 9.86. The summed E-state index contributed by atoms with van der Waals surface area (Å²) < 4.78 is 6.00. The van der Waals surface area contributed by atoms with Crippen molar-refractivity contribution >= 4 is 5.91 Å². The number of benzene rings is 1. The smallest absolute Gasteiger partial charge is 0.229 e. The van der Waals surface area contributed by atoms with Crippen LogP contribution in [0.15, 0.2) is 24.3 Å². The van der Waals surface area contributed by atoms with Crippen LogP contribution in [0, 0.1) is 5.41 Å². The van der Waals surface area contributed by atoms with Gasteiger partial charge < -0.3 is 9.64 Å². The molecule has 1 saturated carbocycles. The van der Waals surface area contributed by atoms with Crippen LogP contribution in [0.1, 0.15) is 50.6 Å². The van der Waals surface area contributed by atoms with E-state index in [4.69, 9.17) is 4.74 Å². The van der Waals surface area contributed by atoms with E-state index in [9.17, 15) is 4.79 Å². The van der Waals surface area contributed by atoms with Crippen LogP contribution in [0.4, 0.5) is 0 Å². The lowest BCUT2D eigenvalue weighted by Crippen LogP contribution is -2.41. The Morgan fingerprint density at radius 1 is 1.30 bits per heavy atom. The second kappa shape index (κ2) is 4.24. The van der Waals surface area contributed by atoms with Crippen LogP contribution >= 0.6 is 0 Å². The number of amides is 1. The van der Waals surface area contributed by atoms with E-state index in [1.54, 1.807) is 0 Å². The number of ether oxygens (including phenoxy) is 1. The molecule has 2 fully saturated rings. The molecule has 2 aliphatic heterocycles. The summed E-state index contributed by atoms with van der Waals surface area (Å²) in [6, 6.07) is 8.42. The summed E-state index contributed by atoms with van der Waals surface area (Å²) in [7, 11) is 0. The van der Waals surface area contributed by atoms with Gasteiger partial charge in [-0.2, -0.15) is 0 Å². The number of carbonyl (C=O) groups excluding carboxylic acids is 1. The van der Waals surface area contributed by atoms with Crippen molar-refractivity contribution in [3.63, 3.8) is 0 Å². The minimum absolute atomic E-state index is 0.133. The molecular formula is C17H21NO2. The predicted molar refractivity (Wildman–Crippen MR) is 76.5 cm³/mol. The molecule has 0 spiro atoms. The van der Waals surface area contributed by atoms with E-state index in [0.29, 0.717) is 5.91 Å². The molecule has 2 atom stereocenters. The number of fused-ring (bicyclic) bond motifs is 4. The molecule has 3 nitrogen and oxygen atoms in total. The van der Waals surface area contributed by atoms with E-state index in [0.717, 1.165) is 31.6 Å². The van der Waals surface area contributed by atoms with Gasteiger partial charge in [-0.25, -0.2) is 0 Å². The Morgan fingerprint density at radius 2 is 2.05 bits per heavy atom. The van der Waals surface area contributed by atoms with Gasteiger partial charge in [0.1, 0.15) is 11.9 Å². The number of hydrogen-bond donors (Lipinski definition) is 0. The van der Waals surface area contributed by atoms with Crippen molar-refractivity contribution in [3.8, 4) is 5.75 Å². The molecule has 2 heterocycles. The van der Waals surface area contributed by atoms with E-state index in [1.165, 1.54) is 18.4 Å². The van der Waals surface area contributed by atoms with Crippen molar-refractivity contribution in [2.75, 3.05) is 6.54 Å². The monoisotopic (exact) mass is 271 g/mol. The first kappa shape index (κ1) is 12.2. The van der Waals surface area contributed by atoms with Gasteiger partial charge in [-0.15, -0.1) is 0 Å². The lowest BCUT2D eigenvalue weighted by molar-refractivity contribution is -0.142. The van der Waals surface area contributed by atoms with Crippen molar-refractivity contribution in [3.05, 3.63) is 29.8 Å². The highest BCUT2D eigenvalue weighted by molar-refractivity contribution is 5.83. The molecule has 1 saturated heterocycles. The number of hydrogen-bond acceptors (Lipinski definition) is 2. The molecule has 1 aliphatic carbocycles. The van der Waals surface area contributed by atoms with Gasteiger partial charge in [0.15, 0.2) is 0 Å². The minimum Gasteiger partial charge on any atom is -0.488 e. The van der Waals surface area contributed by atoms with Gasteiger partial charge in [-0.3, -0.25) is 4.79 Å². The summed E-state index contributed by atoms with van der Waals surface area (Å²) in [5, 5.41) is 0. The zero-order valence-electron chi connectivity index (χ0n) is 12.0. The summed E-state index contributed by atoms with van der Waals surface area (Å²) >= 11 is 0. The molecule has 1 aromatic carbocycles. The SMILES string of the molecule is CC1(C(=O)N2C[C@@H]3C[C@H]2c2ccccc2O3)CCCC1. The van der Waals surface area contributed by atoms with Crippen LogP contribution in [0.25, 0.3) is 0 Å². The third kappa shape index (κ3) is 1.68. The maximum atomic E-state index is 13.0. The van der Waals surface area contributed by atoms with Crippen LogP contribution in [-0.2, 0) is 4.79 Å². The van der Waals surface area contributed by atoms with Crippen molar-refractivity contribution < 1.29 is 9.53 Å². The third-order valence-electron chi connectivity index (χ3n) is 5.32. The lowest BCUT2D eigenvalue weighted by Gasteiger charge is -2.33.